The zero-order chi connectivity index (χ0) is 13.7. The van der Waals surface area contributed by atoms with Crippen molar-refractivity contribution in [3.63, 3.8) is 0 Å². The second-order valence-corrected chi connectivity index (χ2v) is 5.04. The quantitative estimate of drug-likeness (QED) is 0.765. The predicted octanol–water partition coefficient (Wildman–Crippen LogP) is 3.26. The molecular weight excluding hydrogens is 306 g/mol. The van der Waals surface area contributed by atoms with Crippen LogP contribution in [0.4, 0.5) is 5.69 Å². The number of hydrogen-bond acceptors (Lipinski definition) is 4. The Hall–Kier alpha value is -1.20. The Morgan fingerprint density at radius 3 is 2.89 bits per heavy atom. The number of halogens is 1. The summed E-state index contributed by atoms with van der Waals surface area (Å²) in [6.07, 6.45) is 3.64. The van der Waals surface area contributed by atoms with Crippen molar-refractivity contribution < 1.29 is 4.74 Å². The Balaban J connectivity index is 2.31. The van der Waals surface area contributed by atoms with Gasteiger partial charge in [-0.1, -0.05) is 0 Å². The van der Waals surface area contributed by atoms with Crippen molar-refractivity contribution >= 4 is 32.7 Å². The van der Waals surface area contributed by atoms with Gasteiger partial charge in [0.05, 0.1) is 17.8 Å². The monoisotopic (exact) mass is 323 g/mol. The summed E-state index contributed by atoms with van der Waals surface area (Å²) in [6.45, 7) is 7.41. The molecule has 0 N–H and O–H groups in total. The Labute approximate surface area is 121 Å². The molecule has 19 heavy (non-hydrogen) atoms. The van der Waals surface area contributed by atoms with Gasteiger partial charge in [0.15, 0.2) is 0 Å². The van der Waals surface area contributed by atoms with Gasteiger partial charge in [-0.05, 0) is 41.9 Å². The van der Waals surface area contributed by atoms with Crippen molar-refractivity contribution in [2.45, 2.75) is 13.8 Å². The molecule has 102 valence electrons. The van der Waals surface area contributed by atoms with Crippen molar-refractivity contribution in [3.05, 3.63) is 29.0 Å². The number of aromatic nitrogens is 2. The normalized spacial score (nSPS) is 10.9. The van der Waals surface area contributed by atoms with Crippen LogP contribution in [0.25, 0.3) is 11.0 Å². The second-order valence-electron chi connectivity index (χ2n) is 4.13. The number of hydrogen-bond donors (Lipinski definition) is 0. The predicted molar refractivity (Wildman–Crippen MR) is 81.6 cm³/mol. The van der Waals surface area contributed by atoms with Crippen molar-refractivity contribution in [1.82, 2.24) is 9.97 Å². The summed E-state index contributed by atoms with van der Waals surface area (Å²) in [5, 5.41) is 0. The summed E-state index contributed by atoms with van der Waals surface area (Å²) in [4.78, 5) is 11.1. The van der Waals surface area contributed by atoms with Crippen molar-refractivity contribution in [2.24, 2.45) is 0 Å². The van der Waals surface area contributed by atoms with Gasteiger partial charge >= 0.3 is 0 Å². The van der Waals surface area contributed by atoms with E-state index in [4.69, 9.17) is 4.74 Å². The Bertz CT molecular complexity index is 547. The maximum absolute atomic E-state index is 5.43. The molecule has 0 saturated heterocycles. The summed E-state index contributed by atoms with van der Waals surface area (Å²) in [5.74, 6) is 0. The number of rotatable bonds is 6. The molecule has 2 aromatic heterocycles. The number of nitrogens with zero attached hydrogens (tertiary/aromatic N) is 3. The number of pyridine rings is 2. The first-order chi connectivity index (χ1) is 9.26. The average molecular weight is 324 g/mol. The molecular formula is C14H18BrN3O. The van der Waals surface area contributed by atoms with Crippen LogP contribution in [-0.4, -0.2) is 36.3 Å². The zero-order valence-electron chi connectivity index (χ0n) is 11.3. The van der Waals surface area contributed by atoms with Crippen LogP contribution in [0.5, 0.6) is 0 Å². The van der Waals surface area contributed by atoms with E-state index >= 15 is 0 Å². The minimum absolute atomic E-state index is 0.727. The fraction of sp³-hybridized carbons (Fsp3) is 0.429. The van der Waals surface area contributed by atoms with Crippen LogP contribution in [0, 0.1) is 0 Å². The van der Waals surface area contributed by atoms with Gasteiger partial charge in [0.1, 0.15) is 5.52 Å². The number of likely N-dealkylation sites (N-methyl/N-ethyl adjacent to an activating group) is 1. The smallest absolute Gasteiger partial charge is 0.112 e. The van der Waals surface area contributed by atoms with Gasteiger partial charge in [-0.2, -0.15) is 0 Å². The molecule has 5 heteroatoms. The van der Waals surface area contributed by atoms with Gasteiger partial charge in [0.25, 0.3) is 0 Å². The highest BCUT2D eigenvalue weighted by Gasteiger charge is 2.10. The molecule has 0 aromatic carbocycles. The van der Waals surface area contributed by atoms with Crippen LogP contribution in [0.2, 0.25) is 0 Å². The fourth-order valence-electron chi connectivity index (χ4n) is 2.01. The maximum Gasteiger partial charge on any atom is 0.112 e. The summed E-state index contributed by atoms with van der Waals surface area (Å²) in [6, 6.07) is 4.00. The second kappa shape index (κ2) is 6.82. The van der Waals surface area contributed by atoms with Crippen LogP contribution in [0.1, 0.15) is 13.8 Å². The first-order valence-electron chi connectivity index (χ1n) is 6.49. The third-order valence-corrected chi connectivity index (χ3v) is 3.39. The highest BCUT2D eigenvalue weighted by atomic mass is 79.9. The van der Waals surface area contributed by atoms with Gasteiger partial charge in [0, 0.05) is 36.6 Å². The molecule has 0 radical (unpaired) electrons. The molecule has 0 fully saturated rings. The number of fused-ring (bicyclic) bond motifs is 1. The molecule has 0 bridgehead atoms. The molecule has 2 rings (SSSR count). The first-order valence-corrected chi connectivity index (χ1v) is 7.28. The van der Waals surface area contributed by atoms with Gasteiger partial charge in [-0.3, -0.25) is 9.97 Å². The lowest BCUT2D eigenvalue weighted by atomic mass is 10.2. The van der Waals surface area contributed by atoms with Crippen LogP contribution >= 0.6 is 15.9 Å². The summed E-state index contributed by atoms with van der Waals surface area (Å²) < 4.78 is 6.38. The van der Waals surface area contributed by atoms with Crippen molar-refractivity contribution in [3.8, 4) is 0 Å². The van der Waals surface area contributed by atoms with Crippen LogP contribution < -0.4 is 4.90 Å². The van der Waals surface area contributed by atoms with E-state index in [0.29, 0.717) is 0 Å². The Morgan fingerprint density at radius 2 is 2.16 bits per heavy atom. The molecule has 2 heterocycles. The van der Waals surface area contributed by atoms with E-state index in [1.165, 1.54) is 0 Å². The van der Waals surface area contributed by atoms with Crippen LogP contribution in [0.3, 0.4) is 0 Å². The van der Waals surface area contributed by atoms with Gasteiger partial charge in [-0.15, -0.1) is 0 Å². The molecule has 0 saturated carbocycles. The lowest BCUT2D eigenvalue weighted by Gasteiger charge is -2.23. The number of ether oxygens (including phenoxy) is 1. The van der Waals surface area contributed by atoms with E-state index in [1.807, 2.05) is 31.5 Å². The van der Waals surface area contributed by atoms with E-state index in [-0.39, 0.29) is 0 Å². The largest absolute Gasteiger partial charge is 0.380 e. The first kappa shape index (κ1) is 14.2. The van der Waals surface area contributed by atoms with Gasteiger partial charge in [0.2, 0.25) is 0 Å². The molecule has 4 nitrogen and oxygen atoms in total. The SMILES string of the molecule is CCOCCN(CC)c1ccnc2cc(Br)cnc12. The summed E-state index contributed by atoms with van der Waals surface area (Å²) >= 11 is 3.43. The molecule has 0 amide bonds. The number of anilines is 1. The van der Waals surface area contributed by atoms with Crippen molar-refractivity contribution in [1.29, 1.82) is 0 Å². The highest BCUT2D eigenvalue weighted by molar-refractivity contribution is 9.10. The lowest BCUT2D eigenvalue weighted by Crippen LogP contribution is -2.27. The fourth-order valence-corrected chi connectivity index (χ4v) is 2.33. The highest BCUT2D eigenvalue weighted by Crippen LogP contribution is 2.25. The van der Waals surface area contributed by atoms with Crippen LogP contribution in [-0.2, 0) is 4.74 Å². The molecule has 0 atom stereocenters. The Morgan fingerprint density at radius 1 is 1.32 bits per heavy atom. The minimum atomic E-state index is 0.727. The summed E-state index contributed by atoms with van der Waals surface area (Å²) in [5.41, 5.74) is 2.95. The molecule has 0 aliphatic carbocycles. The standard InChI is InChI=1S/C14H18BrN3O/c1-3-18(7-8-19-4-2)13-5-6-16-12-9-11(15)10-17-14(12)13/h5-6,9-10H,3-4,7-8H2,1-2H3. The maximum atomic E-state index is 5.43. The average Bonchev–Trinajstić information content (AvgIpc) is 2.43. The lowest BCUT2D eigenvalue weighted by molar-refractivity contribution is 0.154. The molecule has 0 unspecified atom stereocenters. The Kier molecular flexibility index (Phi) is 5.10. The topological polar surface area (TPSA) is 38.2 Å². The zero-order valence-corrected chi connectivity index (χ0v) is 12.9. The van der Waals surface area contributed by atoms with E-state index in [1.54, 1.807) is 0 Å². The van der Waals surface area contributed by atoms with Crippen LogP contribution in [0.15, 0.2) is 29.0 Å². The third kappa shape index (κ3) is 3.42. The van der Waals surface area contributed by atoms with E-state index in [9.17, 15) is 0 Å². The summed E-state index contributed by atoms with van der Waals surface area (Å²) in [7, 11) is 0. The van der Waals surface area contributed by atoms with E-state index < -0.39 is 0 Å². The minimum Gasteiger partial charge on any atom is -0.380 e. The molecule has 0 aliphatic rings. The molecule has 0 aliphatic heterocycles. The van der Waals surface area contributed by atoms with Gasteiger partial charge < -0.3 is 9.64 Å². The van der Waals surface area contributed by atoms with Gasteiger partial charge in [-0.25, -0.2) is 0 Å². The van der Waals surface area contributed by atoms with Crippen molar-refractivity contribution in [2.75, 3.05) is 31.2 Å². The third-order valence-electron chi connectivity index (χ3n) is 2.95. The molecule has 0 spiro atoms. The van der Waals surface area contributed by atoms with E-state index in [0.717, 1.165) is 47.5 Å². The molecule has 2 aromatic rings. The van der Waals surface area contributed by atoms with E-state index in [2.05, 4.69) is 37.7 Å².